The molecule has 8 nitrogen and oxygen atoms in total. The molecule has 1 amide bonds. The Hall–Kier alpha value is -2.82. The van der Waals surface area contributed by atoms with Gasteiger partial charge in [-0.15, -0.1) is 11.3 Å². The first-order valence-corrected chi connectivity index (χ1v) is 7.56. The lowest BCUT2D eigenvalue weighted by Gasteiger charge is -2.07. The first kappa shape index (κ1) is 18.5. The summed E-state index contributed by atoms with van der Waals surface area (Å²) in [5.74, 6) is -2.41. The Labute approximate surface area is 144 Å². The van der Waals surface area contributed by atoms with Crippen LogP contribution in [0.15, 0.2) is 12.3 Å². The van der Waals surface area contributed by atoms with Crippen molar-refractivity contribution in [3.8, 4) is 0 Å². The predicted molar refractivity (Wildman–Crippen MR) is 83.2 cm³/mol. The van der Waals surface area contributed by atoms with Gasteiger partial charge in [0.1, 0.15) is 15.6 Å². The first-order valence-electron chi connectivity index (χ1n) is 6.74. The number of rotatable bonds is 5. The van der Waals surface area contributed by atoms with Crippen molar-refractivity contribution in [3.63, 3.8) is 0 Å². The largest absolute Gasteiger partial charge is 0.465 e. The number of carbonyl (C=O) groups excluding carboxylic acids is 3. The van der Waals surface area contributed by atoms with Crippen LogP contribution < -0.4 is 5.32 Å². The minimum atomic E-state index is -3.01. The van der Waals surface area contributed by atoms with Crippen molar-refractivity contribution in [2.75, 3.05) is 19.5 Å². The average molecular weight is 373 g/mol. The Balaban J connectivity index is 2.44. The zero-order chi connectivity index (χ0) is 18.7. The molecule has 0 aliphatic rings. The maximum Gasteiger partial charge on any atom is 0.348 e. The van der Waals surface area contributed by atoms with Gasteiger partial charge in [-0.05, 0) is 18.6 Å². The lowest BCUT2D eigenvalue weighted by molar-refractivity contribution is 0.0520. The van der Waals surface area contributed by atoms with Crippen LogP contribution in [0.5, 0.6) is 0 Å². The lowest BCUT2D eigenvalue weighted by atomic mass is 10.1. The molecule has 25 heavy (non-hydrogen) atoms. The van der Waals surface area contributed by atoms with E-state index in [0.29, 0.717) is 0 Å². The second-order valence-electron chi connectivity index (χ2n) is 4.64. The average Bonchev–Trinajstić information content (AvgIpc) is 3.18. The molecule has 2 aromatic heterocycles. The van der Waals surface area contributed by atoms with Gasteiger partial charge in [0.15, 0.2) is 0 Å². The van der Waals surface area contributed by atoms with Gasteiger partial charge in [-0.1, -0.05) is 0 Å². The summed E-state index contributed by atoms with van der Waals surface area (Å²) in [6, 6.07) is 1.10. The molecule has 0 fully saturated rings. The SMILES string of the molecule is COC(=O)c1sc(NC(=O)c2ccnn2C(F)F)c(C(=O)OC)c1C. The molecule has 0 saturated carbocycles. The third-order valence-electron chi connectivity index (χ3n) is 3.22. The summed E-state index contributed by atoms with van der Waals surface area (Å²) in [6.45, 7) is -1.53. The van der Waals surface area contributed by atoms with E-state index in [4.69, 9.17) is 0 Å². The molecule has 2 heterocycles. The van der Waals surface area contributed by atoms with Crippen LogP contribution >= 0.6 is 11.3 Å². The van der Waals surface area contributed by atoms with E-state index in [9.17, 15) is 23.2 Å². The number of anilines is 1. The number of ether oxygens (including phenoxy) is 2. The van der Waals surface area contributed by atoms with Gasteiger partial charge >= 0.3 is 18.5 Å². The Morgan fingerprint density at radius 1 is 1.24 bits per heavy atom. The minimum Gasteiger partial charge on any atom is -0.465 e. The van der Waals surface area contributed by atoms with Crippen molar-refractivity contribution in [1.29, 1.82) is 0 Å². The Kier molecular flexibility index (Phi) is 5.47. The fourth-order valence-corrected chi connectivity index (χ4v) is 3.16. The summed E-state index contributed by atoms with van der Waals surface area (Å²) in [6.07, 6.45) is 1.04. The van der Waals surface area contributed by atoms with E-state index in [-0.39, 0.29) is 25.7 Å². The van der Waals surface area contributed by atoms with Crippen molar-refractivity contribution in [2.24, 2.45) is 0 Å². The number of carbonyl (C=O) groups is 3. The smallest absolute Gasteiger partial charge is 0.348 e. The molecule has 0 saturated heterocycles. The molecule has 0 spiro atoms. The molecule has 0 bridgehead atoms. The van der Waals surface area contributed by atoms with E-state index < -0.39 is 30.1 Å². The number of nitrogens with zero attached hydrogens (tertiary/aromatic N) is 2. The summed E-state index contributed by atoms with van der Waals surface area (Å²) in [5.41, 5.74) is -0.206. The molecular formula is C14H13F2N3O5S. The molecule has 2 rings (SSSR count). The molecule has 11 heteroatoms. The van der Waals surface area contributed by atoms with E-state index >= 15 is 0 Å². The number of esters is 2. The molecule has 0 aromatic carbocycles. The fourth-order valence-electron chi connectivity index (χ4n) is 2.05. The second kappa shape index (κ2) is 7.38. The van der Waals surface area contributed by atoms with Crippen molar-refractivity contribution in [1.82, 2.24) is 9.78 Å². The number of halogens is 2. The molecule has 134 valence electrons. The highest BCUT2D eigenvalue weighted by molar-refractivity contribution is 7.18. The first-order chi connectivity index (χ1) is 11.8. The van der Waals surface area contributed by atoms with Gasteiger partial charge in [0.25, 0.3) is 5.91 Å². The van der Waals surface area contributed by atoms with E-state index in [2.05, 4.69) is 19.9 Å². The zero-order valence-electron chi connectivity index (χ0n) is 13.3. The number of alkyl halides is 2. The van der Waals surface area contributed by atoms with Crippen LogP contribution in [0.4, 0.5) is 13.8 Å². The highest BCUT2D eigenvalue weighted by atomic mass is 32.1. The monoisotopic (exact) mass is 373 g/mol. The van der Waals surface area contributed by atoms with E-state index in [1.165, 1.54) is 14.0 Å². The number of aromatic nitrogens is 2. The Bertz CT molecular complexity index is 831. The van der Waals surface area contributed by atoms with Crippen molar-refractivity contribution in [3.05, 3.63) is 34.0 Å². The second-order valence-corrected chi connectivity index (χ2v) is 5.66. The zero-order valence-corrected chi connectivity index (χ0v) is 14.1. The van der Waals surface area contributed by atoms with Gasteiger partial charge < -0.3 is 14.8 Å². The summed E-state index contributed by atoms with van der Waals surface area (Å²) < 4.78 is 35.2. The van der Waals surface area contributed by atoms with Crippen molar-refractivity contribution < 1.29 is 32.6 Å². The van der Waals surface area contributed by atoms with Gasteiger partial charge in [0, 0.05) is 6.20 Å². The number of hydrogen-bond acceptors (Lipinski definition) is 7. The Morgan fingerprint density at radius 2 is 1.88 bits per heavy atom. The topological polar surface area (TPSA) is 99.5 Å². The van der Waals surface area contributed by atoms with Crippen LogP contribution in [0.25, 0.3) is 0 Å². The van der Waals surface area contributed by atoms with E-state index in [1.54, 1.807) is 0 Å². The van der Waals surface area contributed by atoms with Gasteiger partial charge in [0.05, 0.1) is 19.8 Å². The predicted octanol–water partition coefficient (Wildman–Crippen LogP) is 2.47. The highest BCUT2D eigenvalue weighted by Gasteiger charge is 2.28. The van der Waals surface area contributed by atoms with E-state index in [0.717, 1.165) is 30.7 Å². The number of hydrogen-bond donors (Lipinski definition) is 1. The summed E-state index contributed by atoms with van der Waals surface area (Å²) in [5, 5.41) is 5.68. The maximum absolute atomic E-state index is 12.8. The summed E-state index contributed by atoms with van der Waals surface area (Å²) >= 11 is 0.778. The summed E-state index contributed by atoms with van der Waals surface area (Å²) in [7, 11) is 2.30. The molecule has 0 aliphatic carbocycles. The quantitative estimate of drug-likeness (QED) is 0.809. The van der Waals surface area contributed by atoms with Crippen LogP contribution in [0.1, 0.15) is 42.6 Å². The number of methoxy groups -OCH3 is 2. The third kappa shape index (κ3) is 3.50. The van der Waals surface area contributed by atoms with Gasteiger partial charge in [0.2, 0.25) is 0 Å². The third-order valence-corrected chi connectivity index (χ3v) is 4.41. The van der Waals surface area contributed by atoms with Crippen molar-refractivity contribution >= 4 is 34.2 Å². The summed E-state index contributed by atoms with van der Waals surface area (Å²) in [4.78, 5) is 36.1. The normalized spacial score (nSPS) is 10.6. The molecule has 1 N–H and O–H groups in total. The van der Waals surface area contributed by atoms with Crippen LogP contribution in [0, 0.1) is 6.92 Å². The molecule has 0 radical (unpaired) electrons. The van der Waals surface area contributed by atoms with Crippen molar-refractivity contribution in [2.45, 2.75) is 13.5 Å². The van der Waals surface area contributed by atoms with Gasteiger partial charge in [-0.25, -0.2) is 9.59 Å². The standard InChI is InChI=1S/C14H13F2N3O5S/c1-6-8(12(21)23-2)11(25-9(6)13(22)24-3)18-10(20)7-4-5-17-19(7)14(15)16/h4-5,14H,1-3H3,(H,18,20). The van der Waals surface area contributed by atoms with E-state index in [1.807, 2.05) is 0 Å². The number of amides is 1. The maximum atomic E-state index is 12.8. The molecule has 0 unspecified atom stereocenters. The molecular weight excluding hydrogens is 360 g/mol. The van der Waals surface area contributed by atoms with Gasteiger partial charge in [-0.3, -0.25) is 4.79 Å². The minimum absolute atomic E-state index is 0.0169. The van der Waals surface area contributed by atoms with Crippen LogP contribution in [-0.4, -0.2) is 41.8 Å². The number of nitrogens with one attached hydrogen (secondary N) is 1. The Morgan fingerprint density at radius 3 is 2.44 bits per heavy atom. The van der Waals surface area contributed by atoms with Gasteiger partial charge in [-0.2, -0.15) is 18.6 Å². The lowest BCUT2D eigenvalue weighted by Crippen LogP contribution is -2.19. The number of thiophene rings is 1. The van der Waals surface area contributed by atoms with Crippen LogP contribution in [0.3, 0.4) is 0 Å². The fraction of sp³-hybridized carbons (Fsp3) is 0.286. The molecule has 0 atom stereocenters. The molecule has 0 aliphatic heterocycles. The molecule has 2 aromatic rings. The van der Waals surface area contributed by atoms with Crippen LogP contribution in [-0.2, 0) is 9.47 Å². The van der Waals surface area contributed by atoms with Crippen LogP contribution in [0.2, 0.25) is 0 Å². The highest BCUT2D eigenvalue weighted by Crippen LogP contribution is 2.34.